The van der Waals surface area contributed by atoms with Gasteiger partial charge in [0, 0.05) is 18.7 Å². The molecule has 0 aliphatic carbocycles. The second kappa shape index (κ2) is 9.01. The van der Waals surface area contributed by atoms with Crippen LogP contribution in [0.5, 0.6) is 0 Å². The fraction of sp³-hybridized carbons (Fsp3) is 0.286. The van der Waals surface area contributed by atoms with Gasteiger partial charge >= 0.3 is 0 Å². The number of benzene rings is 2. The van der Waals surface area contributed by atoms with Gasteiger partial charge in [0.25, 0.3) is 0 Å². The molecule has 0 aliphatic heterocycles. The number of carbonyl (C=O) groups excluding carboxylic acids is 1. The van der Waals surface area contributed by atoms with E-state index in [-0.39, 0.29) is 11.7 Å². The molecule has 3 aromatic rings. The van der Waals surface area contributed by atoms with Crippen molar-refractivity contribution in [2.45, 2.75) is 44.1 Å². The van der Waals surface area contributed by atoms with Crippen LogP contribution in [0.2, 0.25) is 0 Å². The zero-order valence-corrected chi connectivity index (χ0v) is 17.0. The highest BCUT2D eigenvalue weighted by Gasteiger charge is 2.20. The second-order valence-electron chi connectivity index (χ2n) is 6.52. The molecule has 1 heterocycles. The summed E-state index contributed by atoms with van der Waals surface area (Å²) in [7, 11) is 0. The van der Waals surface area contributed by atoms with E-state index in [1.54, 1.807) is 26.0 Å². The van der Waals surface area contributed by atoms with Crippen molar-refractivity contribution in [2.24, 2.45) is 0 Å². The van der Waals surface area contributed by atoms with E-state index >= 15 is 0 Å². The number of aromatic nitrogens is 3. The number of aryl methyl sites for hydroxylation is 1. The number of nitrogens with one attached hydrogen (secondary N) is 1. The summed E-state index contributed by atoms with van der Waals surface area (Å²) >= 11 is 1.34. The van der Waals surface area contributed by atoms with Crippen LogP contribution in [0, 0.1) is 12.7 Å². The Balaban J connectivity index is 1.68. The van der Waals surface area contributed by atoms with E-state index in [9.17, 15) is 9.18 Å². The van der Waals surface area contributed by atoms with Gasteiger partial charge in [0.05, 0.1) is 5.25 Å². The van der Waals surface area contributed by atoms with Gasteiger partial charge in [-0.2, -0.15) is 0 Å². The van der Waals surface area contributed by atoms with Crippen LogP contribution in [0.15, 0.2) is 53.7 Å². The molecule has 1 aromatic heterocycles. The van der Waals surface area contributed by atoms with Crippen LogP contribution >= 0.6 is 11.8 Å². The largest absolute Gasteiger partial charge is 0.325 e. The maximum Gasteiger partial charge on any atom is 0.237 e. The Bertz CT molecular complexity index is 958. The molecule has 0 saturated heterocycles. The average Bonchev–Trinajstić information content (AvgIpc) is 3.06. The van der Waals surface area contributed by atoms with Crippen molar-refractivity contribution in [3.8, 4) is 0 Å². The molecule has 5 nitrogen and oxygen atoms in total. The summed E-state index contributed by atoms with van der Waals surface area (Å²) < 4.78 is 15.7. The van der Waals surface area contributed by atoms with Gasteiger partial charge in [-0.25, -0.2) is 4.39 Å². The van der Waals surface area contributed by atoms with Gasteiger partial charge in [0.2, 0.25) is 5.91 Å². The van der Waals surface area contributed by atoms with Gasteiger partial charge in [-0.15, -0.1) is 10.2 Å². The summed E-state index contributed by atoms with van der Waals surface area (Å²) in [5.74, 6) is 0.322. The van der Waals surface area contributed by atoms with Crippen molar-refractivity contribution in [2.75, 3.05) is 5.32 Å². The first-order valence-electron chi connectivity index (χ1n) is 9.17. The summed E-state index contributed by atoms with van der Waals surface area (Å²) in [6.45, 7) is 6.23. The molecule has 0 radical (unpaired) electrons. The molecule has 146 valence electrons. The van der Waals surface area contributed by atoms with Crippen LogP contribution in [-0.4, -0.2) is 25.9 Å². The zero-order valence-electron chi connectivity index (χ0n) is 16.1. The first-order chi connectivity index (χ1) is 13.5. The fourth-order valence-electron chi connectivity index (χ4n) is 2.76. The molecule has 0 fully saturated rings. The summed E-state index contributed by atoms with van der Waals surface area (Å²) in [5.41, 5.74) is 2.15. The molecule has 2 aromatic carbocycles. The van der Waals surface area contributed by atoms with E-state index < -0.39 is 5.25 Å². The van der Waals surface area contributed by atoms with Gasteiger partial charge in [-0.1, -0.05) is 48.2 Å². The van der Waals surface area contributed by atoms with E-state index in [0.717, 1.165) is 17.9 Å². The molecule has 0 bridgehead atoms. The van der Waals surface area contributed by atoms with Gasteiger partial charge in [-0.3, -0.25) is 4.79 Å². The number of amides is 1. The van der Waals surface area contributed by atoms with Crippen molar-refractivity contribution in [3.05, 3.63) is 71.3 Å². The number of anilines is 1. The standard InChI is InChI=1S/C21H23FN4OS/c1-4-26-19(12-16-8-6-5-7-9-16)24-25-21(26)28-15(3)20(27)23-17-11-10-14(2)18(22)13-17/h5-11,13,15H,4,12H2,1-3H3,(H,23,27)/t15-/m1/s1. The summed E-state index contributed by atoms with van der Waals surface area (Å²) in [6.07, 6.45) is 0.686. The Morgan fingerprint density at radius 3 is 2.64 bits per heavy atom. The zero-order chi connectivity index (χ0) is 20.1. The number of rotatable bonds is 7. The van der Waals surface area contributed by atoms with E-state index in [4.69, 9.17) is 0 Å². The van der Waals surface area contributed by atoms with Crippen LogP contribution in [0.3, 0.4) is 0 Å². The maximum atomic E-state index is 13.7. The summed E-state index contributed by atoms with van der Waals surface area (Å²) in [5, 5.41) is 11.6. The Hall–Kier alpha value is -2.67. The van der Waals surface area contributed by atoms with E-state index in [1.165, 1.54) is 17.8 Å². The SMILES string of the molecule is CCn1c(Cc2ccccc2)nnc1S[C@H](C)C(=O)Nc1ccc(C)c(F)c1. The van der Waals surface area contributed by atoms with Crippen LogP contribution in [0.1, 0.15) is 30.8 Å². The normalized spacial score (nSPS) is 12.0. The van der Waals surface area contributed by atoms with Gasteiger partial charge in [0.1, 0.15) is 11.6 Å². The van der Waals surface area contributed by atoms with E-state index in [0.29, 0.717) is 22.8 Å². The lowest BCUT2D eigenvalue weighted by Gasteiger charge is -2.13. The average molecular weight is 399 g/mol. The van der Waals surface area contributed by atoms with E-state index in [2.05, 4.69) is 27.6 Å². The lowest BCUT2D eigenvalue weighted by molar-refractivity contribution is -0.115. The predicted molar refractivity (Wildman–Crippen MR) is 110 cm³/mol. The maximum absolute atomic E-state index is 13.7. The minimum Gasteiger partial charge on any atom is -0.325 e. The van der Waals surface area contributed by atoms with Crippen LogP contribution in [-0.2, 0) is 17.8 Å². The number of thioether (sulfide) groups is 1. The Kier molecular flexibility index (Phi) is 6.46. The topological polar surface area (TPSA) is 59.8 Å². The molecule has 1 atom stereocenters. The first-order valence-corrected chi connectivity index (χ1v) is 10.1. The lowest BCUT2D eigenvalue weighted by atomic mass is 10.1. The Morgan fingerprint density at radius 2 is 1.96 bits per heavy atom. The predicted octanol–water partition coefficient (Wildman–Crippen LogP) is 4.46. The molecule has 3 rings (SSSR count). The van der Waals surface area contributed by atoms with E-state index in [1.807, 2.05) is 29.7 Å². The second-order valence-corrected chi connectivity index (χ2v) is 7.83. The number of hydrogen-bond acceptors (Lipinski definition) is 4. The number of nitrogens with zero attached hydrogens (tertiary/aromatic N) is 3. The highest BCUT2D eigenvalue weighted by atomic mass is 32.2. The molecule has 1 N–H and O–H groups in total. The highest BCUT2D eigenvalue weighted by Crippen LogP contribution is 2.24. The van der Waals surface area contributed by atoms with Gasteiger partial charge < -0.3 is 9.88 Å². The molecule has 0 aliphatic rings. The fourth-order valence-corrected chi connectivity index (χ4v) is 3.69. The van der Waals surface area contributed by atoms with Gasteiger partial charge in [-0.05, 0) is 44.0 Å². The number of halogens is 1. The smallest absolute Gasteiger partial charge is 0.237 e. The summed E-state index contributed by atoms with van der Waals surface area (Å²) in [4.78, 5) is 12.5. The molecular weight excluding hydrogens is 375 g/mol. The molecular formula is C21H23FN4OS. The quantitative estimate of drug-likeness (QED) is 0.597. The molecule has 0 unspecified atom stereocenters. The van der Waals surface area contributed by atoms with Crippen molar-refractivity contribution >= 4 is 23.4 Å². The van der Waals surface area contributed by atoms with Crippen molar-refractivity contribution in [1.82, 2.24) is 14.8 Å². The Morgan fingerprint density at radius 1 is 1.21 bits per heavy atom. The molecule has 0 saturated carbocycles. The first kappa shape index (κ1) is 20.1. The minimum atomic E-state index is -0.400. The van der Waals surface area contributed by atoms with Crippen LogP contribution < -0.4 is 5.32 Å². The monoisotopic (exact) mass is 398 g/mol. The number of carbonyl (C=O) groups is 1. The molecule has 28 heavy (non-hydrogen) atoms. The van der Waals surface area contributed by atoms with Crippen molar-refractivity contribution in [3.63, 3.8) is 0 Å². The van der Waals surface area contributed by atoms with Crippen molar-refractivity contribution < 1.29 is 9.18 Å². The third kappa shape index (κ3) is 4.78. The van der Waals surface area contributed by atoms with Crippen LogP contribution in [0.25, 0.3) is 0 Å². The number of hydrogen-bond donors (Lipinski definition) is 1. The molecule has 7 heteroatoms. The minimum absolute atomic E-state index is 0.205. The van der Waals surface area contributed by atoms with Gasteiger partial charge in [0.15, 0.2) is 5.16 Å². The Labute approximate surface area is 168 Å². The third-order valence-corrected chi connectivity index (χ3v) is 5.49. The van der Waals surface area contributed by atoms with Crippen molar-refractivity contribution in [1.29, 1.82) is 0 Å². The lowest BCUT2D eigenvalue weighted by Crippen LogP contribution is -2.23. The third-order valence-electron chi connectivity index (χ3n) is 4.41. The molecule has 0 spiro atoms. The highest BCUT2D eigenvalue weighted by molar-refractivity contribution is 8.00. The summed E-state index contributed by atoms with van der Waals surface area (Å²) in [6, 6.07) is 14.8. The van der Waals surface area contributed by atoms with Crippen LogP contribution in [0.4, 0.5) is 10.1 Å². The molecule has 1 amide bonds.